The molecule has 0 aliphatic rings. The van der Waals surface area contributed by atoms with Crippen molar-refractivity contribution in [3.05, 3.63) is 23.9 Å². The van der Waals surface area contributed by atoms with Gasteiger partial charge in [0.2, 0.25) is 0 Å². The van der Waals surface area contributed by atoms with Crippen LogP contribution in [0.4, 0.5) is 5.82 Å². The van der Waals surface area contributed by atoms with E-state index >= 15 is 0 Å². The van der Waals surface area contributed by atoms with E-state index < -0.39 is 6.10 Å². The van der Waals surface area contributed by atoms with Gasteiger partial charge >= 0.3 is 0 Å². The molecular weight excluding hydrogens is 216 g/mol. The molecule has 1 aromatic rings. The largest absolute Gasteiger partial charge is 0.396 e. The van der Waals surface area contributed by atoms with Crippen LogP contribution in [0.5, 0.6) is 0 Å². The zero-order chi connectivity index (χ0) is 12.8. The maximum Gasteiger partial charge on any atom is 0.129 e. The van der Waals surface area contributed by atoms with E-state index in [1.165, 1.54) is 0 Å². The van der Waals surface area contributed by atoms with E-state index in [-0.39, 0.29) is 6.61 Å². The number of aliphatic hydroxyl groups is 2. The van der Waals surface area contributed by atoms with Crippen LogP contribution < -0.4 is 4.90 Å². The Morgan fingerprint density at radius 2 is 2.06 bits per heavy atom. The van der Waals surface area contributed by atoms with Crippen molar-refractivity contribution < 1.29 is 10.2 Å². The number of hydrogen-bond acceptors (Lipinski definition) is 4. The number of aliphatic hydroxyl groups excluding tert-OH is 2. The lowest BCUT2D eigenvalue weighted by Crippen LogP contribution is -2.33. The molecule has 1 atom stereocenters. The van der Waals surface area contributed by atoms with E-state index in [1.54, 1.807) is 13.1 Å². The second-order valence-corrected chi connectivity index (χ2v) is 4.49. The Balaban J connectivity index is 2.89. The van der Waals surface area contributed by atoms with Crippen LogP contribution in [0.15, 0.2) is 18.3 Å². The molecule has 2 N–H and O–H groups in total. The molecule has 0 fully saturated rings. The molecule has 0 radical (unpaired) electrons. The number of aromatic nitrogens is 1. The predicted molar refractivity (Wildman–Crippen MR) is 69.1 cm³/mol. The van der Waals surface area contributed by atoms with Gasteiger partial charge in [-0.15, -0.1) is 0 Å². The first-order valence-corrected chi connectivity index (χ1v) is 6.07. The van der Waals surface area contributed by atoms with Gasteiger partial charge < -0.3 is 15.1 Å². The van der Waals surface area contributed by atoms with Gasteiger partial charge in [-0.1, -0.05) is 0 Å². The fourth-order valence-electron chi connectivity index (χ4n) is 1.73. The maximum atomic E-state index is 9.56. The molecule has 0 aromatic carbocycles. The van der Waals surface area contributed by atoms with Crippen molar-refractivity contribution in [2.24, 2.45) is 0 Å². The molecule has 0 unspecified atom stereocenters. The van der Waals surface area contributed by atoms with Crippen molar-refractivity contribution in [3.63, 3.8) is 0 Å². The van der Waals surface area contributed by atoms with Crippen LogP contribution in [-0.4, -0.2) is 34.4 Å². The Morgan fingerprint density at radius 1 is 1.35 bits per heavy atom. The second-order valence-electron chi connectivity index (χ2n) is 4.49. The smallest absolute Gasteiger partial charge is 0.129 e. The maximum absolute atomic E-state index is 9.56. The first kappa shape index (κ1) is 13.9. The van der Waals surface area contributed by atoms with E-state index in [1.807, 2.05) is 12.1 Å². The average Bonchev–Trinajstić information content (AvgIpc) is 2.29. The molecule has 0 spiro atoms. The highest BCUT2D eigenvalue weighted by molar-refractivity contribution is 5.42. The van der Waals surface area contributed by atoms with Crippen molar-refractivity contribution in [1.29, 1.82) is 0 Å². The lowest BCUT2D eigenvalue weighted by atomic mass is 10.1. The summed E-state index contributed by atoms with van der Waals surface area (Å²) < 4.78 is 0. The number of rotatable bonds is 6. The van der Waals surface area contributed by atoms with Crippen LogP contribution in [0.2, 0.25) is 0 Å². The minimum absolute atomic E-state index is 0.180. The first-order valence-electron chi connectivity index (χ1n) is 6.07. The molecule has 0 bridgehead atoms. The van der Waals surface area contributed by atoms with Gasteiger partial charge in [0.1, 0.15) is 5.82 Å². The van der Waals surface area contributed by atoms with Gasteiger partial charge in [-0.25, -0.2) is 4.98 Å². The van der Waals surface area contributed by atoms with Crippen LogP contribution >= 0.6 is 0 Å². The van der Waals surface area contributed by atoms with E-state index in [2.05, 4.69) is 23.7 Å². The quantitative estimate of drug-likeness (QED) is 0.792. The van der Waals surface area contributed by atoms with Crippen LogP contribution in [-0.2, 0) is 0 Å². The molecular formula is C13H22N2O2. The minimum atomic E-state index is -0.483. The normalized spacial score (nSPS) is 12.8. The first-order chi connectivity index (χ1) is 8.06. The molecule has 17 heavy (non-hydrogen) atoms. The van der Waals surface area contributed by atoms with Gasteiger partial charge in [0.15, 0.2) is 0 Å². The minimum Gasteiger partial charge on any atom is -0.396 e. The zero-order valence-electron chi connectivity index (χ0n) is 10.8. The summed E-state index contributed by atoms with van der Waals surface area (Å²) >= 11 is 0. The highest BCUT2D eigenvalue weighted by Gasteiger charge is 2.12. The van der Waals surface area contributed by atoms with Crippen LogP contribution in [0, 0.1) is 0 Å². The second kappa shape index (κ2) is 6.57. The fourth-order valence-corrected chi connectivity index (χ4v) is 1.73. The summed E-state index contributed by atoms with van der Waals surface area (Å²) in [6.07, 6.45) is 1.95. The number of hydrogen-bond donors (Lipinski definition) is 2. The molecule has 96 valence electrons. The summed E-state index contributed by atoms with van der Waals surface area (Å²) in [6, 6.07) is 4.04. The van der Waals surface area contributed by atoms with Crippen molar-refractivity contribution in [3.8, 4) is 0 Å². The molecule has 1 heterocycles. The Labute approximate surface area is 103 Å². The molecule has 4 nitrogen and oxygen atoms in total. The molecule has 0 aliphatic heterocycles. The summed E-state index contributed by atoms with van der Waals surface area (Å²) in [6.45, 7) is 6.87. The van der Waals surface area contributed by atoms with Gasteiger partial charge in [0, 0.05) is 25.4 Å². The standard InChI is InChI=1S/C13H22N2O2/c1-10(2)15(7-4-8-16)13-9-12(11(3)17)5-6-14-13/h5-6,9-11,16-17H,4,7-8H2,1-3H3/t11-/m0/s1. The molecule has 1 rings (SSSR count). The van der Waals surface area contributed by atoms with Crippen LogP contribution in [0.25, 0.3) is 0 Å². The van der Waals surface area contributed by atoms with Crippen LogP contribution in [0.3, 0.4) is 0 Å². The lowest BCUT2D eigenvalue weighted by molar-refractivity contribution is 0.199. The van der Waals surface area contributed by atoms with Crippen molar-refractivity contribution in [2.45, 2.75) is 39.3 Å². The summed E-state index contributed by atoms with van der Waals surface area (Å²) in [5.74, 6) is 0.854. The van der Waals surface area contributed by atoms with Crippen molar-refractivity contribution in [2.75, 3.05) is 18.1 Å². The Morgan fingerprint density at radius 3 is 2.59 bits per heavy atom. The molecule has 0 saturated carbocycles. The van der Waals surface area contributed by atoms with E-state index in [4.69, 9.17) is 5.11 Å². The van der Waals surface area contributed by atoms with Gasteiger partial charge in [-0.2, -0.15) is 0 Å². The highest BCUT2D eigenvalue weighted by atomic mass is 16.3. The summed E-state index contributed by atoms with van der Waals surface area (Å²) in [5.41, 5.74) is 0.865. The highest BCUT2D eigenvalue weighted by Crippen LogP contribution is 2.19. The monoisotopic (exact) mass is 238 g/mol. The number of nitrogens with zero attached hydrogens (tertiary/aromatic N) is 2. The van der Waals surface area contributed by atoms with E-state index in [9.17, 15) is 5.11 Å². The van der Waals surface area contributed by atoms with Crippen LogP contribution in [0.1, 0.15) is 38.9 Å². The molecule has 0 saturated heterocycles. The third-order valence-electron chi connectivity index (χ3n) is 2.73. The van der Waals surface area contributed by atoms with Crippen molar-refractivity contribution >= 4 is 5.82 Å². The Hall–Kier alpha value is -1.13. The predicted octanol–water partition coefficient (Wildman–Crippen LogP) is 1.73. The summed E-state index contributed by atoms with van der Waals surface area (Å²) in [5, 5.41) is 18.5. The van der Waals surface area contributed by atoms with Gasteiger partial charge in [0.25, 0.3) is 0 Å². The zero-order valence-corrected chi connectivity index (χ0v) is 10.8. The molecule has 1 aromatic heterocycles. The fraction of sp³-hybridized carbons (Fsp3) is 0.615. The third kappa shape index (κ3) is 3.98. The lowest BCUT2D eigenvalue weighted by Gasteiger charge is -2.28. The summed E-state index contributed by atoms with van der Waals surface area (Å²) in [4.78, 5) is 6.46. The molecule has 0 aliphatic carbocycles. The SMILES string of the molecule is CC(C)N(CCCO)c1cc([C@H](C)O)ccn1. The number of anilines is 1. The Bertz CT molecular complexity index is 340. The topological polar surface area (TPSA) is 56.6 Å². The molecule has 4 heteroatoms. The Kier molecular flexibility index (Phi) is 5.38. The number of pyridine rings is 1. The van der Waals surface area contributed by atoms with Gasteiger partial charge in [-0.05, 0) is 44.9 Å². The van der Waals surface area contributed by atoms with E-state index in [0.717, 1.165) is 24.3 Å². The van der Waals surface area contributed by atoms with Gasteiger partial charge in [0.05, 0.1) is 6.10 Å². The van der Waals surface area contributed by atoms with Gasteiger partial charge in [-0.3, -0.25) is 0 Å². The summed E-state index contributed by atoms with van der Waals surface area (Å²) in [7, 11) is 0. The van der Waals surface area contributed by atoms with E-state index in [0.29, 0.717) is 6.04 Å². The van der Waals surface area contributed by atoms with Crippen molar-refractivity contribution in [1.82, 2.24) is 4.98 Å². The third-order valence-corrected chi connectivity index (χ3v) is 2.73. The average molecular weight is 238 g/mol. The molecule has 0 amide bonds.